The fraction of sp³-hybridized carbons (Fsp3) is 0.368. The fourth-order valence-corrected chi connectivity index (χ4v) is 3.03. The van der Waals surface area contributed by atoms with Gasteiger partial charge in [-0.3, -0.25) is 9.78 Å². The Morgan fingerprint density at radius 3 is 2.73 bits per heavy atom. The van der Waals surface area contributed by atoms with Crippen molar-refractivity contribution in [2.24, 2.45) is 0 Å². The van der Waals surface area contributed by atoms with Crippen molar-refractivity contribution in [3.63, 3.8) is 0 Å². The number of carbonyl (C=O) groups excluding carboxylic acids is 1. The van der Waals surface area contributed by atoms with Crippen LogP contribution in [-0.4, -0.2) is 35.1 Å². The smallest absolute Gasteiger partial charge is 0.271 e. The number of amides is 1. The Morgan fingerprint density at radius 1 is 1.27 bits per heavy atom. The van der Waals surface area contributed by atoms with Gasteiger partial charge in [-0.2, -0.15) is 5.26 Å². The van der Waals surface area contributed by atoms with Crippen molar-refractivity contribution in [3.8, 4) is 17.6 Å². The van der Waals surface area contributed by atoms with E-state index in [2.05, 4.69) is 21.4 Å². The second kappa shape index (κ2) is 8.30. The highest BCUT2D eigenvalue weighted by Gasteiger charge is 2.24. The molecule has 7 heteroatoms. The zero-order valence-corrected chi connectivity index (χ0v) is 14.5. The third kappa shape index (κ3) is 4.28. The van der Waals surface area contributed by atoms with Crippen LogP contribution in [0.25, 0.3) is 0 Å². The molecule has 1 fully saturated rings. The Morgan fingerprint density at radius 2 is 2.08 bits per heavy atom. The molecule has 0 radical (unpaired) electrons. The minimum Gasteiger partial charge on any atom is -0.495 e. The molecule has 2 aromatic rings. The number of aromatic nitrogens is 2. The number of nitrogens with one attached hydrogen (secondary N) is 1. The molecule has 0 atom stereocenters. The van der Waals surface area contributed by atoms with Gasteiger partial charge >= 0.3 is 0 Å². The van der Waals surface area contributed by atoms with E-state index in [9.17, 15) is 4.79 Å². The van der Waals surface area contributed by atoms with Gasteiger partial charge in [0.05, 0.1) is 25.0 Å². The fourth-order valence-electron chi connectivity index (χ4n) is 3.03. The highest BCUT2D eigenvalue weighted by Crippen LogP contribution is 2.28. The first-order valence-corrected chi connectivity index (χ1v) is 8.51. The summed E-state index contributed by atoms with van der Waals surface area (Å²) in [5, 5.41) is 12.0. The lowest BCUT2D eigenvalue weighted by Gasteiger charge is -2.29. The quantitative estimate of drug-likeness (QED) is 0.888. The average molecular weight is 352 g/mol. The van der Waals surface area contributed by atoms with Crippen molar-refractivity contribution in [1.82, 2.24) is 15.3 Å². The molecule has 134 valence electrons. The van der Waals surface area contributed by atoms with Gasteiger partial charge in [0.1, 0.15) is 23.3 Å². The molecule has 1 N–H and O–H groups in total. The van der Waals surface area contributed by atoms with Crippen LogP contribution in [0.4, 0.5) is 0 Å². The molecule has 1 aromatic heterocycles. The molecule has 1 aliphatic rings. The maximum atomic E-state index is 12.1. The van der Waals surface area contributed by atoms with E-state index >= 15 is 0 Å². The van der Waals surface area contributed by atoms with E-state index in [4.69, 9.17) is 14.7 Å². The van der Waals surface area contributed by atoms with Crippen molar-refractivity contribution in [2.75, 3.05) is 7.11 Å². The predicted octanol–water partition coefficient (Wildman–Crippen LogP) is 2.48. The van der Waals surface area contributed by atoms with Crippen LogP contribution in [0.1, 0.15) is 41.7 Å². The normalized spacial score (nSPS) is 19.2. The van der Waals surface area contributed by atoms with E-state index in [1.165, 1.54) is 25.7 Å². The summed E-state index contributed by atoms with van der Waals surface area (Å²) in [6.07, 6.45) is 7.94. The van der Waals surface area contributed by atoms with Gasteiger partial charge in [-0.25, -0.2) is 4.98 Å². The third-order valence-corrected chi connectivity index (χ3v) is 4.40. The Hall–Kier alpha value is -3.14. The van der Waals surface area contributed by atoms with Gasteiger partial charge in [-0.15, -0.1) is 0 Å². The summed E-state index contributed by atoms with van der Waals surface area (Å²) < 4.78 is 11.2. The number of rotatable bonds is 5. The van der Waals surface area contributed by atoms with Gasteiger partial charge in [0.15, 0.2) is 0 Å². The number of benzene rings is 1. The highest BCUT2D eigenvalue weighted by atomic mass is 16.5. The van der Waals surface area contributed by atoms with E-state index in [1.54, 1.807) is 18.2 Å². The SMILES string of the molecule is COc1cc(OC2CCC(NC(=O)c3cnccn3)CC2)ccc1C#N. The van der Waals surface area contributed by atoms with Crippen LogP contribution in [0.3, 0.4) is 0 Å². The molecular formula is C19H20N4O3. The van der Waals surface area contributed by atoms with Crippen LogP contribution < -0.4 is 14.8 Å². The molecule has 1 heterocycles. The molecule has 3 rings (SSSR count). The van der Waals surface area contributed by atoms with Crippen molar-refractivity contribution in [2.45, 2.75) is 37.8 Å². The third-order valence-electron chi connectivity index (χ3n) is 4.40. The van der Waals surface area contributed by atoms with E-state index in [0.717, 1.165) is 25.7 Å². The van der Waals surface area contributed by atoms with Crippen molar-refractivity contribution >= 4 is 5.91 Å². The average Bonchev–Trinajstić information content (AvgIpc) is 2.70. The lowest BCUT2D eigenvalue weighted by molar-refractivity contribution is 0.0888. The molecule has 1 aromatic carbocycles. The standard InChI is InChI=1S/C19H20N4O3/c1-25-18-10-16(5-2-13(18)11-20)26-15-6-3-14(4-7-15)23-19(24)17-12-21-8-9-22-17/h2,5,8-10,12,14-15H,3-4,6-7H2,1H3,(H,23,24). The first-order chi connectivity index (χ1) is 12.7. The monoisotopic (exact) mass is 352 g/mol. The molecular weight excluding hydrogens is 332 g/mol. The van der Waals surface area contributed by atoms with Gasteiger partial charge in [0.2, 0.25) is 0 Å². The van der Waals surface area contributed by atoms with Gasteiger partial charge in [-0.05, 0) is 37.8 Å². The van der Waals surface area contributed by atoms with Crippen LogP contribution in [0.5, 0.6) is 11.5 Å². The Balaban J connectivity index is 1.51. The molecule has 0 aliphatic heterocycles. The van der Waals surface area contributed by atoms with E-state index < -0.39 is 0 Å². The summed E-state index contributed by atoms with van der Waals surface area (Å²) in [5.41, 5.74) is 0.811. The molecule has 0 unspecified atom stereocenters. The van der Waals surface area contributed by atoms with Crippen molar-refractivity contribution in [1.29, 1.82) is 5.26 Å². The van der Waals surface area contributed by atoms with E-state index in [0.29, 0.717) is 22.8 Å². The van der Waals surface area contributed by atoms with Crippen LogP contribution in [0, 0.1) is 11.3 Å². The van der Waals surface area contributed by atoms with Crippen molar-refractivity contribution in [3.05, 3.63) is 48.0 Å². The van der Waals surface area contributed by atoms with Crippen LogP contribution in [0.15, 0.2) is 36.8 Å². The lowest BCUT2D eigenvalue weighted by Crippen LogP contribution is -2.40. The van der Waals surface area contributed by atoms with Gasteiger partial charge in [0, 0.05) is 24.5 Å². The Labute approximate surface area is 152 Å². The molecule has 0 bridgehead atoms. The Bertz CT molecular complexity index is 796. The first-order valence-electron chi connectivity index (χ1n) is 8.51. The summed E-state index contributed by atoms with van der Waals surface area (Å²) in [4.78, 5) is 20.1. The molecule has 0 saturated heterocycles. The zero-order chi connectivity index (χ0) is 18.4. The molecule has 26 heavy (non-hydrogen) atoms. The summed E-state index contributed by atoms with van der Waals surface area (Å²) in [6, 6.07) is 7.41. The summed E-state index contributed by atoms with van der Waals surface area (Å²) in [5.74, 6) is 1.00. The number of ether oxygens (including phenoxy) is 2. The molecule has 7 nitrogen and oxygen atoms in total. The maximum absolute atomic E-state index is 12.1. The van der Waals surface area contributed by atoms with Gasteiger partial charge in [-0.1, -0.05) is 0 Å². The minimum atomic E-state index is -0.195. The van der Waals surface area contributed by atoms with E-state index in [1.807, 2.05) is 0 Å². The number of nitrogens with zero attached hydrogens (tertiary/aromatic N) is 3. The number of carbonyl (C=O) groups is 1. The lowest BCUT2D eigenvalue weighted by atomic mass is 9.93. The largest absolute Gasteiger partial charge is 0.495 e. The number of nitriles is 1. The summed E-state index contributed by atoms with van der Waals surface area (Å²) in [6.45, 7) is 0. The molecule has 1 aliphatic carbocycles. The number of hydrogen-bond acceptors (Lipinski definition) is 6. The van der Waals surface area contributed by atoms with Crippen LogP contribution >= 0.6 is 0 Å². The molecule has 1 amide bonds. The van der Waals surface area contributed by atoms with E-state index in [-0.39, 0.29) is 18.1 Å². The van der Waals surface area contributed by atoms with Gasteiger partial charge < -0.3 is 14.8 Å². The van der Waals surface area contributed by atoms with Gasteiger partial charge in [0.25, 0.3) is 5.91 Å². The highest BCUT2D eigenvalue weighted by molar-refractivity contribution is 5.92. The predicted molar refractivity (Wildman–Crippen MR) is 93.9 cm³/mol. The maximum Gasteiger partial charge on any atom is 0.271 e. The first kappa shape index (κ1) is 17.7. The Kier molecular flexibility index (Phi) is 5.64. The van der Waals surface area contributed by atoms with Crippen molar-refractivity contribution < 1.29 is 14.3 Å². The molecule has 0 spiro atoms. The van der Waals surface area contributed by atoms with Crippen LogP contribution in [-0.2, 0) is 0 Å². The molecule has 1 saturated carbocycles. The second-order valence-corrected chi connectivity index (χ2v) is 6.13. The number of methoxy groups -OCH3 is 1. The zero-order valence-electron chi connectivity index (χ0n) is 14.5. The minimum absolute atomic E-state index is 0.0808. The summed E-state index contributed by atoms with van der Waals surface area (Å²) in [7, 11) is 1.53. The topological polar surface area (TPSA) is 97.1 Å². The summed E-state index contributed by atoms with van der Waals surface area (Å²) >= 11 is 0. The van der Waals surface area contributed by atoms with Crippen LogP contribution in [0.2, 0.25) is 0 Å². The second-order valence-electron chi connectivity index (χ2n) is 6.13. The number of hydrogen-bond donors (Lipinski definition) is 1.